The summed E-state index contributed by atoms with van der Waals surface area (Å²) >= 11 is 6.17. The number of anilines is 1. The minimum Gasteiger partial charge on any atom is -0.373 e. The Bertz CT molecular complexity index is 967. The Morgan fingerprint density at radius 1 is 1.31 bits per heavy atom. The fourth-order valence-electron chi connectivity index (χ4n) is 3.13. The summed E-state index contributed by atoms with van der Waals surface area (Å²) in [5.41, 5.74) is 4.83. The van der Waals surface area contributed by atoms with Crippen LogP contribution in [0.2, 0.25) is 5.02 Å². The predicted molar refractivity (Wildman–Crippen MR) is 101 cm³/mol. The van der Waals surface area contributed by atoms with Crippen LogP contribution >= 0.6 is 11.6 Å². The fraction of sp³-hybridized carbons (Fsp3) is 0.200. The third-order valence-electron chi connectivity index (χ3n) is 4.47. The lowest BCUT2D eigenvalue weighted by Gasteiger charge is -2.10. The van der Waals surface area contributed by atoms with Crippen molar-refractivity contribution in [1.29, 1.82) is 0 Å². The summed E-state index contributed by atoms with van der Waals surface area (Å²) in [5.74, 6) is 0.530. The van der Waals surface area contributed by atoms with E-state index in [0.29, 0.717) is 29.4 Å². The molecule has 0 spiro atoms. The summed E-state index contributed by atoms with van der Waals surface area (Å²) in [5, 5.41) is 10.8. The van der Waals surface area contributed by atoms with Crippen molar-refractivity contribution >= 4 is 23.2 Å². The van der Waals surface area contributed by atoms with Crippen LogP contribution < -0.4 is 10.6 Å². The molecule has 0 saturated heterocycles. The van der Waals surface area contributed by atoms with Gasteiger partial charge >= 0.3 is 0 Å². The lowest BCUT2D eigenvalue weighted by molar-refractivity contribution is -0.121. The summed E-state index contributed by atoms with van der Waals surface area (Å²) in [6.45, 7) is 2.36. The Kier molecular flexibility index (Phi) is 4.39. The molecule has 0 radical (unpaired) electrons. The first-order valence-electron chi connectivity index (χ1n) is 8.44. The van der Waals surface area contributed by atoms with Crippen molar-refractivity contribution in [2.24, 2.45) is 0 Å². The van der Waals surface area contributed by atoms with Gasteiger partial charge in [-0.05, 0) is 30.7 Å². The van der Waals surface area contributed by atoms with E-state index in [2.05, 4.69) is 28.8 Å². The summed E-state index contributed by atoms with van der Waals surface area (Å²) in [4.78, 5) is 12.4. The highest BCUT2D eigenvalue weighted by Crippen LogP contribution is 2.28. The number of hydrogen-bond acceptors (Lipinski definition) is 4. The number of hydrogen-bond donors (Lipinski definition) is 2. The first-order valence-corrected chi connectivity index (χ1v) is 8.82. The van der Waals surface area contributed by atoms with Gasteiger partial charge in [0.1, 0.15) is 11.7 Å². The van der Waals surface area contributed by atoms with Crippen molar-refractivity contribution in [2.45, 2.75) is 25.9 Å². The number of halogens is 1. The topological polar surface area (TPSA) is 67.2 Å². The molecule has 0 aliphatic carbocycles. The molecule has 2 aromatic carbocycles. The van der Waals surface area contributed by atoms with E-state index in [1.165, 1.54) is 11.1 Å². The van der Waals surface area contributed by atoms with Crippen LogP contribution in [-0.2, 0) is 17.8 Å². The van der Waals surface area contributed by atoms with Crippen molar-refractivity contribution in [1.82, 2.24) is 10.5 Å². The van der Waals surface area contributed by atoms with E-state index in [9.17, 15) is 4.79 Å². The van der Waals surface area contributed by atoms with Crippen molar-refractivity contribution in [3.05, 3.63) is 70.4 Å². The van der Waals surface area contributed by atoms with E-state index >= 15 is 0 Å². The van der Waals surface area contributed by atoms with E-state index in [1.54, 1.807) is 12.1 Å². The largest absolute Gasteiger partial charge is 0.373 e. The number of rotatable bonds is 4. The molecule has 1 aliphatic heterocycles. The number of nitrogens with zero attached hydrogens (tertiary/aromatic N) is 1. The number of aryl methyl sites for hydroxylation is 1. The summed E-state index contributed by atoms with van der Waals surface area (Å²) in [7, 11) is 0. The number of fused-ring (bicyclic) bond motifs is 1. The Labute approximate surface area is 156 Å². The quantitative estimate of drug-likeness (QED) is 0.732. The second-order valence-corrected chi connectivity index (χ2v) is 6.85. The minimum atomic E-state index is -0.262. The molecular formula is C20H18ClN3O2. The molecule has 26 heavy (non-hydrogen) atoms. The second kappa shape index (κ2) is 6.84. The Morgan fingerprint density at radius 2 is 2.15 bits per heavy atom. The third-order valence-corrected chi connectivity index (χ3v) is 4.80. The molecule has 0 bridgehead atoms. The van der Waals surface area contributed by atoms with Gasteiger partial charge in [-0.15, -0.1) is 0 Å². The van der Waals surface area contributed by atoms with Gasteiger partial charge in [0, 0.05) is 23.7 Å². The molecule has 1 aliphatic rings. The first kappa shape index (κ1) is 16.7. The third kappa shape index (κ3) is 3.30. The van der Waals surface area contributed by atoms with Crippen LogP contribution in [0.5, 0.6) is 0 Å². The SMILES string of the molecule is Cc1ccc2c(c1)C[C@@H](C(=O)NCc1cc(-c3ccccc3Cl)on1)N2. The highest BCUT2D eigenvalue weighted by atomic mass is 35.5. The number of amides is 1. The molecule has 1 amide bonds. The van der Waals surface area contributed by atoms with Gasteiger partial charge in [-0.2, -0.15) is 0 Å². The first-order chi connectivity index (χ1) is 12.6. The molecule has 0 saturated carbocycles. The van der Waals surface area contributed by atoms with Gasteiger partial charge in [-0.1, -0.05) is 46.6 Å². The average Bonchev–Trinajstić information content (AvgIpc) is 3.26. The standard InChI is InChI=1S/C20H18ClN3O2/c1-12-6-7-17-13(8-12)9-18(23-17)20(25)22-11-14-10-19(26-24-14)15-4-2-3-5-16(15)21/h2-8,10,18,23H,9,11H2,1H3,(H,22,25)/t18-/m0/s1. The van der Waals surface area contributed by atoms with Gasteiger partial charge in [0.05, 0.1) is 11.6 Å². The number of carbonyl (C=O) groups is 1. The normalized spacial score (nSPS) is 15.4. The van der Waals surface area contributed by atoms with Gasteiger partial charge < -0.3 is 15.2 Å². The average molecular weight is 368 g/mol. The van der Waals surface area contributed by atoms with E-state index in [4.69, 9.17) is 16.1 Å². The Balaban J connectivity index is 1.38. The maximum atomic E-state index is 12.4. The lowest BCUT2D eigenvalue weighted by Crippen LogP contribution is -2.38. The summed E-state index contributed by atoms with van der Waals surface area (Å²) < 4.78 is 5.35. The smallest absolute Gasteiger partial charge is 0.243 e. The van der Waals surface area contributed by atoms with Crippen LogP contribution in [-0.4, -0.2) is 17.1 Å². The highest BCUT2D eigenvalue weighted by Gasteiger charge is 2.26. The number of nitrogens with one attached hydrogen (secondary N) is 2. The zero-order valence-corrected chi connectivity index (χ0v) is 15.0. The van der Waals surface area contributed by atoms with E-state index in [-0.39, 0.29) is 11.9 Å². The van der Waals surface area contributed by atoms with Crippen LogP contribution in [0.3, 0.4) is 0 Å². The Hall–Kier alpha value is -2.79. The molecule has 1 aromatic heterocycles. The lowest BCUT2D eigenvalue weighted by atomic mass is 10.1. The van der Waals surface area contributed by atoms with E-state index in [1.807, 2.05) is 30.3 Å². The van der Waals surface area contributed by atoms with Crippen LogP contribution in [0.4, 0.5) is 5.69 Å². The van der Waals surface area contributed by atoms with Gasteiger partial charge in [-0.3, -0.25) is 4.79 Å². The van der Waals surface area contributed by atoms with Crippen LogP contribution in [0.1, 0.15) is 16.8 Å². The molecule has 2 heterocycles. The predicted octanol–water partition coefficient (Wildman–Crippen LogP) is 3.96. The van der Waals surface area contributed by atoms with Crippen LogP contribution in [0.15, 0.2) is 53.1 Å². The van der Waals surface area contributed by atoms with Crippen molar-refractivity contribution in [3.8, 4) is 11.3 Å². The van der Waals surface area contributed by atoms with E-state index < -0.39 is 0 Å². The zero-order valence-electron chi connectivity index (χ0n) is 14.3. The van der Waals surface area contributed by atoms with Crippen molar-refractivity contribution in [3.63, 3.8) is 0 Å². The summed E-state index contributed by atoms with van der Waals surface area (Å²) in [6, 6.07) is 15.1. The molecule has 4 rings (SSSR count). The molecule has 3 aromatic rings. The molecule has 2 N–H and O–H groups in total. The minimum absolute atomic E-state index is 0.0545. The molecular weight excluding hydrogens is 350 g/mol. The molecule has 0 unspecified atom stereocenters. The maximum Gasteiger partial charge on any atom is 0.243 e. The van der Waals surface area contributed by atoms with Gasteiger partial charge in [-0.25, -0.2) is 0 Å². The van der Waals surface area contributed by atoms with Gasteiger partial charge in [0.25, 0.3) is 0 Å². The maximum absolute atomic E-state index is 12.4. The van der Waals surface area contributed by atoms with Crippen molar-refractivity contribution in [2.75, 3.05) is 5.32 Å². The molecule has 132 valence electrons. The van der Waals surface area contributed by atoms with Gasteiger partial charge in [0.2, 0.25) is 5.91 Å². The number of benzene rings is 2. The summed E-state index contributed by atoms with van der Waals surface area (Å²) in [6.07, 6.45) is 0.687. The highest BCUT2D eigenvalue weighted by molar-refractivity contribution is 6.33. The van der Waals surface area contributed by atoms with Crippen LogP contribution in [0, 0.1) is 6.92 Å². The number of aromatic nitrogens is 1. The molecule has 0 fully saturated rings. The molecule has 1 atom stereocenters. The second-order valence-electron chi connectivity index (χ2n) is 6.44. The van der Waals surface area contributed by atoms with Gasteiger partial charge in [0.15, 0.2) is 5.76 Å². The zero-order chi connectivity index (χ0) is 18.1. The Morgan fingerprint density at radius 3 is 3.00 bits per heavy atom. The number of carbonyl (C=O) groups excluding carboxylic acids is 1. The molecule has 6 heteroatoms. The van der Waals surface area contributed by atoms with Crippen molar-refractivity contribution < 1.29 is 9.32 Å². The monoisotopic (exact) mass is 367 g/mol. The van der Waals surface area contributed by atoms with E-state index in [0.717, 1.165) is 11.3 Å². The fourth-order valence-corrected chi connectivity index (χ4v) is 3.36. The molecule has 5 nitrogen and oxygen atoms in total. The van der Waals surface area contributed by atoms with Crippen LogP contribution in [0.25, 0.3) is 11.3 Å².